The van der Waals surface area contributed by atoms with Crippen LogP contribution in [0.25, 0.3) is 0 Å². The Morgan fingerprint density at radius 1 is 0.558 bits per heavy atom. The summed E-state index contributed by atoms with van der Waals surface area (Å²) in [5.41, 5.74) is 4.95. The first kappa shape index (κ1) is 47.6. The number of aliphatic hydroxyl groups is 2. The van der Waals surface area contributed by atoms with Crippen LogP contribution in [0, 0.1) is 21.7 Å². The van der Waals surface area contributed by atoms with Crippen molar-refractivity contribution < 1.29 is 67.9 Å². The standard InChI is InChI=1S/C36H54N2O2.C3H2F6O2.Ti/c1-33(2,3)25-17-23(31(39)27(19-25)35(7,8)9)21-37-29-15-13-14-16-30(29)38-22-24-18-26(34(4,5)6)20-28(32(24)40)36(10,11)12;4-2(5,6)1(10,11)3(7,8)9;/h17-22,29-30,37-38H,13-16H2,1-12H3;10-11H;/b23-21-,24-22-;;/t29-,30-;;/m1../s1. The van der Waals surface area contributed by atoms with Gasteiger partial charge in [-0.15, -0.1) is 0 Å². The molecule has 52 heavy (non-hydrogen) atoms. The maximum Gasteiger partial charge on any atom is 0.452 e. The van der Waals surface area contributed by atoms with Crippen molar-refractivity contribution in [3.05, 3.63) is 70.1 Å². The molecule has 0 amide bonds. The number of nitrogens with one attached hydrogen (secondary N) is 2. The van der Waals surface area contributed by atoms with Gasteiger partial charge in [0.1, 0.15) is 0 Å². The molecule has 0 bridgehead atoms. The molecule has 0 aromatic heterocycles. The number of alkyl halides is 6. The van der Waals surface area contributed by atoms with E-state index >= 15 is 0 Å². The van der Waals surface area contributed by atoms with Gasteiger partial charge in [0.2, 0.25) is 0 Å². The summed E-state index contributed by atoms with van der Waals surface area (Å²) in [6.45, 7) is 25.8. The normalized spacial score (nSPS) is 22.8. The van der Waals surface area contributed by atoms with Crippen LogP contribution in [0.5, 0.6) is 0 Å². The van der Waals surface area contributed by atoms with Gasteiger partial charge in [-0.25, -0.2) is 0 Å². The van der Waals surface area contributed by atoms with Gasteiger partial charge in [0.05, 0.1) is 0 Å². The monoisotopic (exact) mass is 778 g/mol. The molecule has 3 aliphatic rings. The molecule has 3 rings (SSSR count). The first-order valence-corrected chi connectivity index (χ1v) is 17.2. The molecule has 3 aliphatic carbocycles. The minimum Gasteiger partial charge on any atom is -0.386 e. The number of allylic oxidation sites excluding steroid dienone is 10. The molecule has 4 N–H and O–H groups in total. The van der Waals surface area contributed by atoms with Gasteiger partial charge in [0.15, 0.2) is 11.6 Å². The van der Waals surface area contributed by atoms with Gasteiger partial charge < -0.3 is 20.8 Å². The summed E-state index contributed by atoms with van der Waals surface area (Å²) in [6, 6.07) is 0.340. The fourth-order valence-corrected chi connectivity index (χ4v) is 5.58. The number of carbonyl (C=O) groups is 2. The molecule has 6 nitrogen and oxygen atoms in total. The van der Waals surface area contributed by atoms with E-state index in [4.69, 9.17) is 10.2 Å². The van der Waals surface area contributed by atoms with Gasteiger partial charge in [-0.2, -0.15) is 26.3 Å². The van der Waals surface area contributed by atoms with Crippen LogP contribution in [0.15, 0.2) is 70.1 Å². The summed E-state index contributed by atoms with van der Waals surface area (Å²) in [5, 5.41) is 22.2. The predicted molar refractivity (Wildman–Crippen MR) is 188 cm³/mol. The molecule has 0 heterocycles. The van der Waals surface area contributed by atoms with Crippen molar-refractivity contribution in [1.82, 2.24) is 10.6 Å². The van der Waals surface area contributed by atoms with Gasteiger partial charge >= 0.3 is 18.1 Å². The SMILES string of the molecule is CC(C)(C)C1=C/C(=C/N[C@@H]2CCCC[C@H]2N/C=C2/C=C(C(C)(C)C)C=C(C(C)(C)C)C2=O)C(=O)C(C(C)(C)C)=C1.OC(O)(C(F)(F)F)C(F)(F)F.[Ti]. The second kappa shape index (κ2) is 16.5. The second-order valence-electron chi connectivity index (χ2n) is 17.7. The van der Waals surface area contributed by atoms with Gasteiger partial charge in [-0.3, -0.25) is 9.59 Å². The number of Topliss-reactive ketones (excluding diaryl/α,β-unsaturated/α-hetero) is 2. The maximum absolute atomic E-state index is 13.5. The van der Waals surface area contributed by atoms with Crippen LogP contribution in [0.3, 0.4) is 0 Å². The number of hydrogen-bond acceptors (Lipinski definition) is 6. The average Bonchev–Trinajstić information content (AvgIpc) is 2.93. The van der Waals surface area contributed by atoms with Crippen molar-refractivity contribution in [3.63, 3.8) is 0 Å². The van der Waals surface area contributed by atoms with Crippen molar-refractivity contribution in [2.75, 3.05) is 0 Å². The third-order valence-electron chi connectivity index (χ3n) is 9.05. The Kier molecular flexibility index (Phi) is 15.1. The Hall–Kier alpha value is -2.41. The quantitative estimate of drug-likeness (QED) is 0.0985. The third-order valence-corrected chi connectivity index (χ3v) is 9.05. The van der Waals surface area contributed by atoms with Gasteiger partial charge in [0, 0.05) is 68.5 Å². The summed E-state index contributed by atoms with van der Waals surface area (Å²) in [5.74, 6) is -5.42. The number of hydrogen-bond donors (Lipinski definition) is 4. The topological polar surface area (TPSA) is 98.7 Å². The van der Waals surface area contributed by atoms with Crippen molar-refractivity contribution in [3.8, 4) is 0 Å². The van der Waals surface area contributed by atoms with E-state index in [0.29, 0.717) is 0 Å². The first-order chi connectivity index (χ1) is 22.7. The molecule has 13 heteroatoms. The summed E-state index contributed by atoms with van der Waals surface area (Å²) >= 11 is 0. The van der Waals surface area contributed by atoms with E-state index in [1.54, 1.807) is 0 Å². The van der Waals surface area contributed by atoms with Crippen LogP contribution in [0.1, 0.15) is 109 Å². The molecule has 0 aromatic carbocycles. The number of rotatable bonds is 4. The molecule has 0 saturated heterocycles. The van der Waals surface area contributed by atoms with Crippen LogP contribution < -0.4 is 10.6 Å². The molecule has 0 aromatic rings. The zero-order chi connectivity index (χ0) is 39.8. The Labute approximate surface area is 319 Å². The van der Waals surface area contributed by atoms with E-state index < -0.39 is 18.1 Å². The molecular formula is C39H56F6N2O4Ti. The molecule has 1 saturated carbocycles. The minimum atomic E-state index is -6.13. The summed E-state index contributed by atoms with van der Waals surface area (Å²) in [7, 11) is 0. The predicted octanol–water partition coefficient (Wildman–Crippen LogP) is 9.09. The van der Waals surface area contributed by atoms with E-state index in [-0.39, 0.29) is 67.0 Å². The molecule has 0 unspecified atom stereocenters. The number of ketones is 2. The number of carbonyl (C=O) groups excluding carboxylic acids is 2. The van der Waals surface area contributed by atoms with Crippen LogP contribution in [0.4, 0.5) is 26.3 Å². The Morgan fingerprint density at radius 3 is 1.06 bits per heavy atom. The van der Waals surface area contributed by atoms with E-state index in [2.05, 4.69) is 118 Å². The Morgan fingerprint density at radius 2 is 0.846 bits per heavy atom. The summed E-state index contributed by atoms with van der Waals surface area (Å²) in [6.07, 6.45) is 4.22. The van der Waals surface area contributed by atoms with Crippen molar-refractivity contribution in [1.29, 1.82) is 0 Å². The van der Waals surface area contributed by atoms with Crippen molar-refractivity contribution in [2.24, 2.45) is 21.7 Å². The van der Waals surface area contributed by atoms with Gasteiger partial charge in [-0.05, 0) is 57.8 Å². The fraction of sp³-hybridized carbons (Fsp3) is 0.641. The van der Waals surface area contributed by atoms with Crippen molar-refractivity contribution >= 4 is 11.6 Å². The van der Waals surface area contributed by atoms with Crippen LogP contribution >= 0.6 is 0 Å². The number of halogens is 6. The summed E-state index contributed by atoms with van der Waals surface area (Å²) in [4.78, 5) is 27.0. The molecule has 2 atom stereocenters. The molecule has 0 aliphatic heterocycles. The first-order valence-electron chi connectivity index (χ1n) is 17.2. The largest absolute Gasteiger partial charge is 0.452 e. The fourth-order valence-electron chi connectivity index (χ4n) is 5.58. The van der Waals surface area contributed by atoms with E-state index in [9.17, 15) is 35.9 Å². The molecule has 292 valence electrons. The second-order valence-corrected chi connectivity index (χ2v) is 17.7. The summed E-state index contributed by atoms with van der Waals surface area (Å²) < 4.78 is 66.7. The molecule has 0 spiro atoms. The third kappa shape index (κ3) is 12.1. The van der Waals surface area contributed by atoms with Crippen LogP contribution in [-0.4, -0.2) is 52.0 Å². The Balaban J connectivity index is 0.000000973. The van der Waals surface area contributed by atoms with E-state index in [0.717, 1.165) is 48.0 Å². The molecule has 1 fully saturated rings. The van der Waals surface area contributed by atoms with Gasteiger partial charge in [-0.1, -0.05) is 108 Å². The van der Waals surface area contributed by atoms with Crippen LogP contribution in [-0.2, 0) is 31.3 Å². The zero-order valence-electron chi connectivity index (χ0n) is 32.4. The minimum absolute atomic E-state index is 0. The average molecular weight is 779 g/mol. The van der Waals surface area contributed by atoms with Crippen molar-refractivity contribution in [2.45, 2.75) is 139 Å². The zero-order valence-corrected chi connectivity index (χ0v) is 34.0. The van der Waals surface area contributed by atoms with E-state index in [1.165, 1.54) is 11.1 Å². The Bertz CT molecular complexity index is 1410. The smallest absolute Gasteiger partial charge is 0.386 e. The van der Waals surface area contributed by atoms with Gasteiger partial charge in [0.25, 0.3) is 0 Å². The van der Waals surface area contributed by atoms with Crippen LogP contribution in [0.2, 0.25) is 0 Å². The van der Waals surface area contributed by atoms with E-state index in [1.807, 2.05) is 12.4 Å². The molecular weight excluding hydrogens is 722 g/mol. The molecule has 0 radical (unpaired) electrons. The maximum atomic E-state index is 13.5.